The summed E-state index contributed by atoms with van der Waals surface area (Å²) in [5.74, 6) is 0. The fourth-order valence-electron chi connectivity index (χ4n) is 1.50. The Labute approximate surface area is 123 Å². The van der Waals surface area contributed by atoms with Gasteiger partial charge in [0.1, 0.15) is 6.07 Å². The minimum Gasteiger partial charge on any atom is -0.354 e. The SMILES string of the molecule is N#Cc1cc(Br)ccc1Nc1cc(Cl)cc(Cl)c1. The number of rotatable bonds is 2. The number of halogens is 3. The van der Waals surface area contributed by atoms with Gasteiger partial charge in [0.2, 0.25) is 0 Å². The number of nitrogens with zero attached hydrogens (tertiary/aromatic N) is 1. The zero-order valence-electron chi connectivity index (χ0n) is 9.05. The molecule has 0 saturated heterocycles. The molecule has 0 saturated carbocycles. The van der Waals surface area contributed by atoms with Crippen molar-refractivity contribution in [3.8, 4) is 6.07 Å². The van der Waals surface area contributed by atoms with Crippen molar-refractivity contribution in [2.45, 2.75) is 0 Å². The van der Waals surface area contributed by atoms with Gasteiger partial charge in [-0.05, 0) is 36.4 Å². The molecule has 2 rings (SSSR count). The highest BCUT2D eigenvalue weighted by Crippen LogP contribution is 2.28. The Morgan fingerprint density at radius 2 is 1.72 bits per heavy atom. The molecule has 0 fully saturated rings. The molecule has 2 aromatic carbocycles. The first kappa shape index (κ1) is 13.2. The molecule has 90 valence electrons. The van der Waals surface area contributed by atoms with Crippen molar-refractivity contribution in [1.82, 2.24) is 0 Å². The highest BCUT2D eigenvalue weighted by molar-refractivity contribution is 9.10. The molecule has 0 unspecified atom stereocenters. The topological polar surface area (TPSA) is 35.8 Å². The first-order chi connectivity index (χ1) is 8.58. The third kappa shape index (κ3) is 3.17. The van der Waals surface area contributed by atoms with E-state index in [0.717, 1.165) is 10.2 Å². The molecule has 0 atom stereocenters. The molecule has 5 heteroatoms. The third-order valence-electron chi connectivity index (χ3n) is 2.24. The summed E-state index contributed by atoms with van der Waals surface area (Å²) in [6.45, 7) is 0. The van der Waals surface area contributed by atoms with E-state index in [0.29, 0.717) is 21.3 Å². The zero-order chi connectivity index (χ0) is 13.1. The van der Waals surface area contributed by atoms with Crippen LogP contribution in [0.2, 0.25) is 10.0 Å². The highest BCUT2D eigenvalue weighted by atomic mass is 79.9. The Bertz CT molecular complexity index is 615. The number of nitriles is 1. The lowest BCUT2D eigenvalue weighted by Crippen LogP contribution is -1.93. The van der Waals surface area contributed by atoms with Crippen LogP contribution in [0.1, 0.15) is 5.56 Å². The predicted molar refractivity (Wildman–Crippen MR) is 78.6 cm³/mol. The predicted octanol–water partition coefficient (Wildman–Crippen LogP) is 5.37. The van der Waals surface area contributed by atoms with Crippen LogP contribution in [0.5, 0.6) is 0 Å². The van der Waals surface area contributed by atoms with E-state index in [4.69, 9.17) is 28.5 Å². The van der Waals surface area contributed by atoms with Gasteiger partial charge in [-0.3, -0.25) is 0 Å². The van der Waals surface area contributed by atoms with Gasteiger partial charge in [-0.15, -0.1) is 0 Å². The number of nitrogens with one attached hydrogen (secondary N) is 1. The second-order valence-electron chi connectivity index (χ2n) is 3.58. The molecule has 0 aliphatic heterocycles. The summed E-state index contributed by atoms with van der Waals surface area (Å²) in [6.07, 6.45) is 0. The molecule has 0 aliphatic carbocycles. The Hall–Kier alpha value is -1.21. The van der Waals surface area contributed by atoms with Crippen molar-refractivity contribution in [3.63, 3.8) is 0 Å². The lowest BCUT2D eigenvalue weighted by atomic mass is 10.2. The van der Waals surface area contributed by atoms with Gasteiger partial charge in [0.15, 0.2) is 0 Å². The Morgan fingerprint density at radius 3 is 2.33 bits per heavy atom. The maximum atomic E-state index is 9.07. The summed E-state index contributed by atoms with van der Waals surface area (Å²) in [4.78, 5) is 0. The van der Waals surface area contributed by atoms with Crippen molar-refractivity contribution in [2.75, 3.05) is 5.32 Å². The second kappa shape index (κ2) is 5.62. The maximum Gasteiger partial charge on any atom is 0.101 e. The minimum atomic E-state index is 0.542. The molecule has 0 aromatic heterocycles. The standard InChI is InChI=1S/C13H7BrCl2N2/c14-9-1-2-13(8(3-9)7-17)18-12-5-10(15)4-11(16)6-12/h1-6,18H. The lowest BCUT2D eigenvalue weighted by molar-refractivity contribution is 1.45. The third-order valence-corrected chi connectivity index (χ3v) is 3.17. The van der Waals surface area contributed by atoms with Gasteiger partial charge >= 0.3 is 0 Å². The maximum absolute atomic E-state index is 9.07. The Morgan fingerprint density at radius 1 is 1.06 bits per heavy atom. The van der Waals surface area contributed by atoms with Crippen LogP contribution in [-0.4, -0.2) is 0 Å². The van der Waals surface area contributed by atoms with Gasteiger partial charge in [0.05, 0.1) is 11.3 Å². The summed E-state index contributed by atoms with van der Waals surface area (Å²) in [5, 5.41) is 13.3. The van der Waals surface area contributed by atoms with Gasteiger partial charge in [-0.1, -0.05) is 39.1 Å². The normalized spacial score (nSPS) is 9.89. The number of hydrogen-bond acceptors (Lipinski definition) is 2. The molecule has 2 nitrogen and oxygen atoms in total. The van der Waals surface area contributed by atoms with Crippen LogP contribution in [0, 0.1) is 11.3 Å². The summed E-state index contributed by atoms with van der Waals surface area (Å²) < 4.78 is 0.855. The van der Waals surface area contributed by atoms with E-state index >= 15 is 0 Å². The van der Waals surface area contributed by atoms with E-state index in [1.54, 1.807) is 24.3 Å². The number of benzene rings is 2. The van der Waals surface area contributed by atoms with E-state index in [-0.39, 0.29) is 0 Å². The van der Waals surface area contributed by atoms with E-state index < -0.39 is 0 Å². The summed E-state index contributed by atoms with van der Waals surface area (Å²) in [6, 6.07) is 12.7. The molecular formula is C13H7BrCl2N2. The highest BCUT2D eigenvalue weighted by Gasteiger charge is 2.04. The summed E-state index contributed by atoms with van der Waals surface area (Å²) in [7, 11) is 0. The van der Waals surface area contributed by atoms with Crippen molar-refractivity contribution in [1.29, 1.82) is 5.26 Å². The van der Waals surface area contributed by atoms with Gasteiger partial charge < -0.3 is 5.32 Å². The van der Waals surface area contributed by atoms with Crippen LogP contribution < -0.4 is 5.32 Å². The van der Waals surface area contributed by atoms with E-state index in [2.05, 4.69) is 27.3 Å². The average Bonchev–Trinajstić information content (AvgIpc) is 2.30. The molecule has 18 heavy (non-hydrogen) atoms. The van der Waals surface area contributed by atoms with Gasteiger partial charge in [0, 0.05) is 20.2 Å². The zero-order valence-corrected chi connectivity index (χ0v) is 12.1. The molecular weight excluding hydrogens is 335 g/mol. The molecule has 0 aliphatic rings. The monoisotopic (exact) mass is 340 g/mol. The molecule has 1 N–H and O–H groups in total. The Balaban J connectivity index is 2.37. The fraction of sp³-hybridized carbons (Fsp3) is 0. The first-order valence-electron chi connectivity index (χ1n) is 5.01. The second-order valence-corrected chi connectivity index (χ2v) is 5.37. The molecule has 2 aromatic rings. The van der Waals surface area contributed by atoms with E-state index in [1.807, 2.05) is 12.1 Å². The van der Waals surface area contributed by atoms with E-state index in [9.17, 15) is 0 Å². The van der Waals surface area contributed by atoms with Crippen LogP contribution >= 0.6 is 39.1 Å². The average molecular weight is 342 g/mol. The van der Waals surface area contributed by atoms with Crippen LogP contribution in [0.15, 0.2) is 40.9 Å². The summed E-state index contributed by atoms with van der Waals surface area (Å²) in [5.41, 5.74) is 1.99. The molecule has 0 bridgehead atoms. The molecule has 0 heterocycles. The molecule has 0 spiro atoms. The van der Waals surface area contributed by atoms with Crippen LogP contribution in [0.4, 0.5) is 11.4 Å². The molecule has 0 radical (unpaired) electrons. The van der Waals surface area contributed by atoms with Crippen molar-refractivity contribution in [3.05, 3.63) is 56.5 Å². The van der Waals surface area contributed by atoms with E-state index in [1.165, 1.54) is 0 Å². The van der Waals surface area contributed by atoms with Crippen molar-refractivity contribution >= 4 is 50.5 Å². The lowest BCUT2D eigenvalue weighted by Gasteiger charge is -2.09. The smallest absolute Gasteiger partial charge is 0.101 e. The molecule has 0 amide bonds. The largest absolute Gasteiger partial charge is 0.354 e. The minimum absolute atomic E-state index is 0.542. The first-order valence-corrected chi connectivity index (χ1v) is 6.56. The van der Waals surface area contributed by atoms with Crippen molar-refractivity contribution < 1.29 is 0 Å². The summed E-state index contributed by atoms with van der Waals surface area (Å²) >= 11 is 15.2. The Kier molecular flexibility index (Phi) is 4.13. The van der Waals surface area contributed by atoms with Gasteiger partial charge in [-0.2, -0.15) is 5.26 Å². The van der Waals surface area contributed by atoms with Crippen molar-refractivity contribution in [2.24, 2.45) is 0 Å². The number of anilines is 2. The van der Waals surface area contributed by atoms with Crippen LogP contribution in [0.25, 0.3) is 0 Å². The van der Waals surface area contributed by atoms with Gasteiger partial charge in [0.25, 0.3) is 0 Å². The quantitative estimate of drug-likeness (QED) is 0.796. The van der Waals surface area contributed by atoms with Gasteiger partial charge in [-0.25, -0.2) is 0 Å². The number of hydrogen-bond donors (Lipinski definition) is 1. The van der Waals surface area contributed by atoms with Crippen LogP contribution in [-0.2, 0) is 0 Å². The fourth-order valence-corrected chi connectivity index (χ4v) is 2.39. The van der Waals surface area contributed by atoms with Crippen LogP contribution in [0.3, 0.4) is 0 Å².